The third-order valence-electron chi connectivity index (χ3n) is 4.18. The summed E-state index contributed by atoms with van der Waals surface area (Å²) in [6.45, 7) is 2.28. The largest absolute Gasteiger partial charge is 0.481 e. The molecule has 1 aromatic carbocycles. The number of rotatable bonds is 5. The number of dihydropyridines is 1. The maximum atomic E-state index is 11.7. The SMILES string of the molecule is O=C(O)C1C=C(Cc2ccc(CN3CCOCC3=O)cc2)C=NC1. The number of hydrogen-bond donors (Lipinski definition) is 1. The van der Waals surface area contributed by atoms with Crippen molar-refractivity contribution in [3.63, 3.8) is 0 Å². The van der Waals surface area contributed by atoms with Crippen molar-refractivity contribution in [1.29, 1.82) is 0 Å². The fourth-order valence-corrected chi connectivity index (χ4v) is 2.83. The quantitative estimate of drug-likeness (QED) is 0.883. The van der Waals surface area contributed by atoms with E-state index in [0.717, 1.165) is 16.7 Å². The Morgan fingerprint density at radius 1 is 1.29 bits per heavy atom. The molecule has 2 aliphatic heterocycles. The molecule has 126 valence electrons. The third-order valence-corrected chi connectivity index (χ3v) is 4.18. The number of aliphatic imine (C=N–C) groups is 1. The van der Waals surface area contributed by atoms with Gasteiger partial charge in [-0.2, -0.15) is 0 Å². The molecule has 3 rings (SSSR count). The van der Waals surface area contributed by atoms with Crippen LogP contribution in [-0.4, -0.2) is 54.4 Å². The maximum absolute atomic E-state index is 11.7. The van der Waals surface area contributed by atoms with Crippen LogP contribution in [0.1, 0.15) is 11.1 Å². The summed E-state index contributed by atoms with van der Waals surface area (Å²) in [5, 5.41) is 9.08. The normalized spacial score (nSPS) is 20.8. The molecule has 6 heteroatoms. The lowest BCUT2D eigenvalue weighted by Crippen LogP contribution is -2.40. The topological polar surface area (TPSA) is 79.2 Å². The average Bonchev–Trinajstić information content (AvgIpc) is 2.59. The Bertz CT molecular complexity index is 679. The number of hydrogen-bond acceptors (Lipinski definition) is 4. The highest BCUT2D eigenvalue weighted by Crippen LogP contribution is 2.16. The molecular formula is C18H20N2O4. The van der Waals surface area contributed by atoms with Crippen LogP contribution in [0.25, 0.3) is 0 Å². The summed E-state index contributed by atoms with van der Waals surface area (Å²) in [7, 11) is 0. The summed E-state index contributed by atoms with van der Waals surface area (Å²) >= 11 is 0. The van der Waals surface area contributed by atoms with Crippen LogP contribution in [0.5, 0.6) is 0 Å². The van der Waals surface area contributed by atoms with Crippen molar-refractivity contribution < 1.29 is 19.4 Å². The second kappa shape index (κ2) is 7.40. The van der Waals surface area contributed by atoms with Crippen molar-refractivity contribution in [2.45, 2.75) is 13.0 Å². The van der Waals surface area contributed by atoms with Crippen molar-refractivity contribution in [3.05, 3.63) is 47.0 Å². The van der Waals surface area contributed by atoms with E-state index in [2.05, 4.69) is 4.99 Å². The summed E-state index contributed by atoms with van der Waals surface area (Å²) in [5.74, 6) is -1.35. The summed E-state index contributed by atoms with van der Waals surface area (Å²) in [4.78, 5) is 28.7. The van der Waals surface area contributed by atoms with Gasteiger partial charge >= 0.3 is 5.97 Å². The first-order valence-electron chi connectivity index (χ1n) is 7.98. The monoisotopic (exact) mass is 328 g/mol. The van der Waals surface area contributed by atoms with E-state index in [1.165, 1.54) is 0 Å². The Labute approximate surface area is 140 Å². The summed E-state index contributed by atoms with van der Waals surface area (Å²) in [6.07, 6.45) is 4.18. The van der Waals surface area contributed by atoms with E-state index in [9.17, 15) is 9.59 Å². The molecular weight excluding hydrogens is 308 g/mol. The molecule has 1 atom stereocenters. The van der Waals surface area contributed by atoms with Crippen molar-refractivity contribution in [2.24, 2.45) is 10.9 Å². The lowest BCUT2D eigenvalue weighted by atomic mass is 9.98. The molecule has 0 aromatic heterocycles. The molecule has 0 bridgehead atoms. The number of carboxylic acid groups (broad SMARTS) is 1. The molecule has 1 N–H and O–H groups in total. The Morgan fingerprint density at radius 2 is 2.04 bits per heavy atom. The van der Waals surface area contributed by atoms with Gasteiger partial charge in [0.15, 0.2) is 0 Å². The molecule has 0 aliphatic carbocycles. The molecule has 1 amide bonds. The van der Waals surface area contributed by atoms with Gasteiger partial charge in [0.1, 0.15) is 6.61 Å². The third kappa shape index (κ3) is 4.08. The zero-order valence-electron chi connectivity index (χ0n) is 13.4. The molecule has 1 fully saturated rings. The molecule has 24 heavy (non-hydrogen) atoms. The fraction of sp³-hybridized carbons (Fsp3) is 0.389. The summed E-state index contributed by atoms with van der Waals surface area (Å²) < 4.78 is 5.13. The van der Waals surface area contributed by atoms with Crippen LogP contribution in [-0.2, 0) is 27.3 Å². The fourth-order valence-electron chi connectivity index (χ4n) is 2.83. The van der Waals surface area contributed by atoms with Crippen LogP contribution >= 0.6 is 0 Å². The number of morpholine rings is 1. The number of benzene rings is 1. The molecule has 2 aliphatic rings. The second-order valence-electron chi connectivity index (χ2n) is 6.04. The van der Waals surface area contributed by atoms with Crippen LogP contribution in [0.4, 0.5) is 0 Å². The van der Waals surface area contributed by atoms with E-state index < -0.39 is 11.9 Å². The van der Waals surface area contributed by atoms with E-state index in [0.29, 0.717) is 32.7 Å². The molecule has 0 radical (unpaired) electrons. The van der Waals surface area contributed by atoms with Crippen LogP contribution in [0, 0.1) is 5.92 Å². The maximum Gasteiger partial charge on any atom is 0.312 e. The van der Waals surface area contributed by atoms with E-state index in [4.69, 9.17) is 9.84 Å². The van der Waals surface area contributed by atoms with Crippen LogP contribution in [0.2, 0.25) is 0 Å². The van der Waals surface area contributed by atoms with Crippen molar-refractivity contribution in [3.8, 4) is 0 Å². The molecule has 0 spiro atoms. The van der Waals surface area contributed by atoms with Gasteiger partial charge < -0.3 is 14.7 Å². The predicted molar refractivity (Wildman–Crippen MR) is 88.9 cm³/mol. The summed E-state index contributed by atoms with van der Waals surface area (Å²) in [6, 6.07) is 8.04. The highest BCUT2D eigenvalue weighted by atomic mass is 16.5. The van der Waals surface area contributed by atoms with Gasteiger partial charge in [0, 0.05) is 19.3 Å². The predicted octanol–water partition coefficient (Wildman–Crippen LogP) is 1.30. The van der Waals surface area contributed by atoms with E-state index in [1.807, 2.05) is 24.3 Å². The number of allylic oxidation sites excluding steroid dienone is 1. The van der Waals surface area contributed by atoms with Crippen LogP contribution in [0.15, 0.2) is 40.9 Å². The summed E-state index contributed by atoms with van der Waals surface area (Å²) in [5.41, 5.74) is 3.09. The minimum absolute atomic E-state index is 0.0219. The Morgan fingerprint density at radius 3 is 2.75 bits per heavy atom. The minimum atomic E-state index is -0.838. The Balaban J connectivity index is 1.61. The number of carboxylic acids is 1. The Hall–Kier alpha value is -2.47. The van der Waals surface area contributed by atoms with Crippen LogP contribution < -0.4 is 0 Å². The lowest BCUT2D eigenvalue weighted by molar-refractivity contribution is -0.143. The highest BCUT2D eigenvalue weighted by Gasteiger charge is 2.19. The lowest BCUT2D eigenvalue weighted by Gasteiger charge is -2.26. The zero-order valence-corrected chi connectivity index (χ0v) is 13.4. The van der Waals surface area contributed by atoms with E-state index >= 15 is 0 Å². The first kappa shape index (κ1) is 16.4. The van der Waals surface area contributed by atoms with Gasteiger partial charge in [-0.1, -0.05) is 30.3 Å². The molecule has 1 unspecified atom stereocenters. The molecule has 1 saturated heterocycles. The van der Waals surface area contributed by atoms with Crippen molar-refractivity contribution >= 4 is 18.1 Å². The second-order valence-corrected chi connectivity index (χ2v) is 6.04. The van der Waals surface area contributed by atoms with Gasteiger partial charge in [-0.05, 0) is 23.1 Å². The highest BCUT2D eigenvalue weighted by molar-refractivity contribution is 5.84. The van der Waals surface area contributed by atoms with Gasteiger partial charge in [-0.25, -0.2) is 0 Å². The van der Waals surface area contributed by atoms with Crippen molar-refractivity contribution in [2.75, 3.05) is 26.3 Å². The van der Waals surface area contributed by atoms with E-state index in [1.54, 1.807) is 17.2 Å². The van der Waals surface area contributed by atoms with Gasteiger partial charge in [0.05, 0.1) is 19.1 Å². The number of carbonyl (C=O) groups is 2. The molecule has 2 heterocycles. The number of carbonyl (C=O) groups excluding carboxylic acids is 1. The number of aliphatic carboxylic acids is 1. The van der Waals surface area contributed by atoms with Crippen molar-refractivity contribution in [1.82, 2.24) is 4.90 Å². The molecule has 6 nitrogen and oxygen atoms in total. The van der Waals surface area contributed by atoms with Gasteiger partial charge in [-0.15, -0.1) is 0 Å². The van der Waals surface area contributed by atoms with Gasteiger partial charge in [0.25, 0.3) is 0 Å². The standard InChI is InChI=1S/C18H20N2O4/c21-17-12-24-6-5-20(17)11-14-3-1-13(2-4-14)7-15-8-16(18(22)23)10-19-9-15/h1-4,8-9,16H,5-7,10-12H2,(H,22,23). The van der Waals surface area contributed by atoms with Gasteiger partial charge in [-0.3, -0.25) is 14.6 Å². The molecule has 0 saturated carbocycles. The first-order valence-corrected chi connectivity index (χ1v) is 7.98. The number of nitrogens with zero attached hydrogens (tertiary/aromatic N) is 2. The minimum Gasteiger partial charge on any atom is -0.481 e. The molecule has 1 aromatic rings. The average molecular weight is 328 g/mol. The number of amides is 1. The smallest absolute Gasteiger partial charge is 0.312 e. The van der Waals surface area contributed by atoms with Gasteiger partial charge in [0.2, 0.25) is 5.91 Å². The first-order chi connectivity index (χ1) is 11.6. The Kier molecular flexibility index (Phi) is 5.05. The number of ether oxygens (including phenoxy) is 1. The zero-order chi connectivity index (χ0) is 16.9. The van der Waals surface area contributed by atoms with E-state index in [-0.39, 0.29) is 12.5 Å². The van der Waals surface area contributed by atoms with Crippen LogP contribution in [0.3, 0.4) is 0 Å².